The quantitative estimate of drug-likeness (QED) is 0.175. The zero-order valence-corrected chi connectivity index (χ0v) is 30.5. The highest BCUT2D eigenvalue weighted by Gasteiger charge is 2.25. The number of thiophene rings is 2. The van der Waals surface area contributed by atoms with Gasteiger partial charge in [0.2, 0.25) is 0 Å². The predicted octanol–water partition coefficient (Wildman–Crippen LogP) is 13.6. The number of hydrogen-bond donors (Lipinski definition) is 0. The van der Waals surface area contributed by atoms with Gasteiger partial charge in [0.25, 0.3) is 0 Å². The van der Waals surface area contributed by atoms with Crippen LogP contribution in [-0.4, -0.2) is 14.5 Å². The maximum atomic E-state index is 5.40. The summed E-state index contributed by atoms with van der Waals surface area (Å²) in [6.07, 6.45) is 0. The number of pyridine rings is 1. The van der Waals surface area contributed by atoms with Gasteiger partial charge in [-0.2, -0.15) is 0 Å². The number of fused-ring (bicyclic) bond motifs is 5. The molecule has 9 rings (SSSR count). The van der Waals surface area contributed by atoms with Crippen LogP contribution >= 0.6 is 22.7 Å². The lowest BCUT2D eigenvalue weighted by Gasteiger charge is -2.24. The predicted molar refractivity (Wildman–Crippen MR) is 216 cm³/mol. The first kappa shape index (κ1) is 30.9. The summed E-state index contributed by atoms with van der Waals surface area (Å²) in [5.74, 6) is 1.62. The molecule has 50 heavy (non-hydrogen) atoms. The molecule has 0 unspecified atom stereocenters. The Hall–Kier alpha value is -5.10. The minimum absolute atomic E-state index is 0.313. The molecule has 0 fully saturated rings. The Kier molecular flexibility index (Phi) is 7.45. The highest BCUT2D eigenvalue weighted by atomic mass is 32.1. The summed E-state index contributed by atoms with van der Waals surface area (Å²) in [7, 11) is 0. The van der Waals surface area contributed by atoms with Crippen LogP contribution in [0.3, 0.4) is 0 Å². The Morgan fingerprint density at radius 2 is 1.26 bits per heavy atom. The van der Waals surface area contributed by atoms with Gasteiger partial charge in [0.05, 0.1) is 16.7 Å². The molecule has 0 aliphatic carbocycles. The minimum atomic E-state index is 0.313. The van der Waals surface area contributed by atoms with E-state index in [0.29, 0.717) is 11.8 Å². The Morgan fingerprint density at radius 3 is 2.00 bits per heavy atom. The van der Waals surface area contributed by atoms with Crippen molar-refractivity contribution in [2.24, 2.45) is 0 Å². The smallest absolute Gasteiger partial charge is 0.147 e. The number of hydrogen-bond acceptors (Lipinski definition) is 4. The summed E-state index contributed by atoms with van der Waals surface area (Å²) >= 11 is 3.56. The largest absolute Gasteiger partial charge is 0.292 e. The molecule has 0 radical (unpaired) electrons. The van der Waals surface area contributed by atoms with Crippen molar-refractivity contribution in [3.8, 4) is 39.3 Å². The number of benzene rings is 5. The molecule has 0 amide bonds. The molecule has 3 nitrogen and oxygen atoms in total. The van der Waals surface area contributed by atoms with E-state index >= 15 is 0 Å². The average Bonchev–Trinajstić information content (AvgIpc) is 3.83. The van der Waals surface area contributed by atoms with E-state index in [9.17, 15) is 0 Å². The molecule has 9 aromatic rings. The summed E-state index contributed by atoms with van der Waals surface area (Å²) in [4.78, 5) is 11.3. The molecule has 4 aromatic heterocycles. The van der Waals surface area contributed by atoms with Gasteiger partial charge in [-0.05, 0) is 113 Å². The molecule has 244 valence electrons. The van der Waals surface area contributed by atoms with Gasteiger partial charge in [0, 0.05) is 42.2 Å². The molecule has 0 saturated carbocycles. The summed E-state index contributed by atoms with van der Waals surface area (Å²) in [6, 6.07) is 42.3. The molecule has 0 atom stereocenters. The van der Waals surface area contributed by atoms with E-state index in [0.717, 1.165) is 27.4 Å². The summed E-state index contributed by atoms with van der Waals surface area (Å²) < 4.78 is 4.99. The Balaban J connectivity index is 1.27. The number of aryl methyl sites for hydroxylation is 1. The minimum Gasteiger partial charge on any atom is -0.292 e. The number of imidazole rings is 1. The molecule has 0 saturated heterocycles. The van der Waals surface area contributed by atoms with Crippen LogP contribution in [0.15, 0.2) is 121 Å². The van der Waals surface area contributed by atoms with Crippen LogP contribution in [0.4, 0.5) is 0 Å². The normalized spacial score (nSPS) is 12.1. The van der Waals surface area contributed by atoms with Crippen molar-refractivity contribution in [1.82, 2.24) is 14.5 Å². The second-order valence-corrected chi connectivity index (χ2v) is 15.9. The van der Waals surface area contributed by atoms with Crippen molar-refractivity contribution in [2.75, 3.05) is 0 Å². The van der Waals surface area contributed by atoms with E-state index in [2.05, 4.69) is 160 Å². The van der Waals surface area contributed by atoms with Crippen LogP contribution in [0.2, 0.25) is 0 Å². The van der Waals surface area contributed by atoms with Crippen molar-refractivity contribution in [2.45, 2.75) is 46.5 Å². The van der Waals surface area contributed by atoms with Gasteiger partial charge in [0.1, 0.15) is 10.7 Å². The van der Waals surface area contributed by atoms with Gasteiger partial charge in [0.15, 0.2) is 0 Å². The van der Waals surface area contributed by atoms with Gasteiger partial charge in [-0.25, -0.2) is 9.97 Å². The summed E-state index contributed by atoms with van der Waals surface area (Å²) in [5, 5.41) is 6.03. The molecule has 0 bridgehead atoms. The maximum absolute atomic E-state index is 5.40. The molecule has 0 aliphatic heterocycles. The van der Waals surface area contributed by atoms with Gasteiger partial charge >= 0.3 is 0 Å². The van der Waals surface area contributed by atoms with Gasteiger partial charge < -0.3 is 0 Å². The van der Waals surface area contributed by atoms with Gasteiger partial charge in [-0.15, -0.1) is 22.7 Å². The molecule has 0 spiro atoms. The van der Waals surface area contributed by atoms with Crippen molar-refractivity contribution in [3.05, 3.63) is 137 Å². The zero-order valence-electron chi connectivity index (χ0n) is 28.9. The van der Waals surface area contributed by atoms with Gasteiger partial charge in [-0.3, -0.25) is 4.57 Å². The molecule has 0 N–H and O–H groups in total. The van der Waals surface area contributed by atoms with Crippen LogP contribution in [0, 0.1) is 6.92 Å². The number of rotatable bonds is 6. The fourth-order valence-corrected chi connectivity index (χ4v) is 9.38. The van der Waals surface area contributed by atoms with Crippen molar-refractivity contribution >= 4 is 64.1 Å². The Bertz CT molecular complexity index is 2700. The van der Waals surface area contributed by atoms with Crippen LogP contribution in [0.1, 0.15) is 56.4 Å². The molecular formula is C45H37N3S2. The first-order valence-corrected chi connectivity index (χ1v) is 19.1. The van der Waals surface area contributed by atoms with Gasteiger partial charge in [-0.1, -0.05) is 82.3 Å². The van der Waals surface area contributed by atoms with Crippen LogP contribution < -0.4 is 0 Å². The fraction of sp³-hybridized carbons (Fsp3) is 0.156. The first-order valence-electron chi connectivity index (χ1n) is 17.4. The summed E-state index contributed by atoms with van der Waals surface area (Å²) in [5.41, 5.74) is 13.2. The molecule has 4 heterocycles. The van der Waals surface area contributed by atoms with E-state index in [1.165, 1.54) is 70.2 Å². The summed E-state index contributed by atoms with van der Waals surface area (Å²) in [6.45, 7) is 11.3. The number of nitrogens with zero attached hydrogens (tertiary/aromatic N) is 3. The second-order valence-electron chi connectivity index (χ2n) is 13.9. The Labute approximate surface area is 300 Å². The monoisotopic (exact) mass is 683 g/mol. The lowest BCUT2D eigenvalue weighted by atomic mass is 9.88. The third-order valence-corrected chi connectivity index (χ3v) is 12.0. The van der Waals surface area contributed by atoms with E-state index in [-0.39, 0.29) is 0 Å². The van der Waals surface area contributed by atoms with E-state index < -0.39 is 0 Å². The highest BCUT2D eigenvalue weighted by Crippen LogP contribution is 2.44. The first-order chi connectivity index (χ1) is 24.3. The molecule has 5 heteroatoms. The van der Waals surface area contributed by atoms with E-state index in [4.69, 9.17) is 9.97 Å². The zero-order chi connectivity index (χ0) is 34.1. The lowest BCUT2D eigenvalue weighted by molar-refractivity contribution is 0.812. The van der Waals surface area contributed by atoms with Crippen molar-refractivity contribution in [3.63, 3.8) is 0 Å². The Morgan fingerprint density at radius 1 is 0.580 bits per heavy atom. The van der Waals surface area contributed by atoms with Crippen LogP contribution in [0.25, 0.3) is 80.8 Å². The molecule has 0 aliphatic rings. The van der Waals surface area contributed by atoms with Crippen molar-refractivity contribution in [1.29, 1.82) is 0 Å². The fourth-order valence-electron chi connectivity index (χ4n) is 7.36. The van der Waals surface area contributed by atoms with E-state index in [1.54, 1.807) is 22.7 Å². The lowest BCUT2D eigenvalue weighted by Crippen LogP contribution is -2.09. The molecule has 5 aromatic carbocycles. The average molecular weight is 684 g/mol. The maximum Gasteiger partial charge on any atom is 0.147 e. The van der Waals surface area contributed by atoms with E-state index in [1.807, 2.05) is 0 Å². The van der Waals surface area contributed by atoms with Crippen LogP contribution in [-0.2, 0) is 0 Å². The highest BCUT2D eigenvalue weighted by molar-refractivity contribution is 7.25. The standard InChI is InChI=1S/C45H37N3S2/c1-26(2)34-23-32(29-11-7-6-8-12-29)24-35(27(3)4)43(34)48-40-14-10-9-13-39(40)47-44(48)38-25-49-41-19-16-30(22-37(38)41)31-17-20-42-36(21-31)33-18-15-28(5)46-45(33)50-42/h6-27H,1-5H3. The van der Waals surface area contributed by atoms with Crippen molar-refractivity contribution < 1.29 is 0 Å². The second kappa shape index (κ2) is 12.0. The third-order valence-electron chi connectivity index (χ3n) is 9.93. The third kappa shape index (κ3) is 5.07. The van der Waals surface area contributed by atoms with Crippen LogP contribution in [0.5, 0.6) is 0 Å². The SMILES string of the molecule is Cc1ccc2c(n1)sc1ccc(-c3ccc4scc(-c5nc6ccccc6n5-c5c(C(C)C)cc(-c6ccccc6)cc5C(C)C)c4c3)cc12. The molecular weight excluding hydrogens is 647 g/mol. The topological polar surface area (TPSA) is 30.7 Å². The number of aromatic nitrogens is 3. The number of para-hydroxylation sites is 2.